The summed E-state index contributed by atoms with van der Waals surface area (Å²) in [6.07, 6.45) is 6.73. The van der Waals surface area contributed by atoms with Crippen molar-refractivity contribution in [2.75, 3.05) is 36.4 Å². The average molecular weight is 435 g/mol. The van der Waals surface area contributed by atoms with Gasteiger partial charge in [-0.15, -0.1) is 0 Å². The summed E-state index contributed by atoms with van der Waals surface area (Å²) in [5.74, 6) is 2.26. The molecule has 7 nitrogen and oxygen atoms in total. The molecule has 0 spiro atoms. The van der Waals surface area contributed by atoms with Gasteiger partial charge in [-0.2, -0.15) is 0 Å². The van der Waals surface area contributed by atoms with Gasteiger partial charge in [0.2, 0.25) is 5.91 Å². The van der Waals surface area contributed by atoms with E-state index in [1.54, 1.807) is 18.6 Å². The minimum Gasteiger partial charge on any atom is -0.353 e. The summed E-state index contributed by atoms with van der Waals surface area (Å²) in [7, 11) is 0. The van der Waals surface area contributed by atoms with Crippen molar-refractivity contribution in [2.24, 2.45) is 0 Å². The van der Waals surface area contributed by atoms with Crippen LogP contribution in [0.4, 0.5) is 17.5 Å². The first kappa shape index (κ1) is 20.8. The zero-order chi connectivity index (χ0) is 21.6. The van der Waals surface area contributed by atoms with E-state index in [4.69, 9.17) is 11.6 Å². The number of pyridine rings is 1. The van der Waals surface area contributed by atoms with Crippen molar-refractivity contribution in [3.8, 4) is 0 Å². The maximum atomic E-state index is 12.5. The Morgan fingerprint density at radius 2 is 1.74 bits per heavy atom. The summed E-state index contributed by atoms with van der Waals surface area (Å²) in [5.41, 5.74) is 2.07. The predicted molar refractivity (Wildman–Crippen MR) is 124 cm³/mol. The highest BCUT2D eigenvalue weighted by molar-refractivity contribution is 6.30. The summed E-state index contributed by atoms with van der Waals surface area (Å²) >= 11 is 5.90. The van der Waals surface area contributed by atoms with Gasteiger partial charge in [0.25, 0.3) is 0 Å². The number of hydrogen-bond acceptors (Lipinski definition) is 6. The first-order valence-electron chi connectivity index (χ1n) is 10.1. The monoisotopic (exact) mass is 434 g/mol. The number of benzene rings is 1. The fourth-order valence-corrected chi connectivity index (χ4v) is 3.45. The highest BCUT2D eigenvalue weighted by Crippen LogP contribution is 2.19. The number of nitrogens with one attached hydrogen (secondary N) is 1. The molecule has 1 saturated heterocycles. The number of carbonyl (C=O) groups is 1. The van der Waals surface area contributed by atoms with E-state index in [1.807, 2.05) is 60.4 Å². The SMILES string of the molecule is Cc1ccnc(Nc2cc(N3CCN(C(=O)/C=C/c4ccc(Cl)cc4)CC3)ncn2)c1. The quantitative estimate of drug-likeness (QED) is 0.613. The Labute approximate surface area is 186 Å². The Balaban J connectivity index is 1.34. The van der Waals surface area contributed by atoms with Gasteiger partial charge in [-0.3, -0.25) is 4.79 Å². The molecule has 1 amide bonds. The molecule has 0 unspecified atom stereocenters. The van der Waals surface area contributed by atoms with Crippen molar-refractivity contribution in [3.63, 3.8) is 0 Å². The fraction of sp³-hybridized carbons (Fsp3) is 0.217. The molecular formula is C23H23ClN6O. The number of piperazine rings is 1. The number of nitrogens with zero attached hydrogens (tertiary/aromatic N) is 5. The molecule has 1 N–H and O–H groups in total. The molecule has 1 aromatic carbocycles. The lowest BCUT2D eigenvalue weighted by atomic mass is 10.2. The standard InChI is InChI=1S/C23H23ClN6O/c1-17-8-9-25-20(14-17)28-21-15-22(27-16-26-21)29-10-12-30(13-11-29)23(31)7-4-18-2-5-19(24)6-3-18/h2-9,14-16H,10-13H2,1H3,(H,25,26,27,28)/b7-4+. The molecule has 0 bridgehead atoms. The molecule has 0 atom stereocenters. The topological polar surface area (TPSA) is 74.2 Å². The zero-order valence-electron chi connectivity index (χ0n) is 17.2. The van der Waals surface area contributed by atoms with Crippen LogP contribution in [0.3, 0.4) is 0 Å². The summed E-state index contributed by atoms with van der Waals surface area (Å²) in [6, 6.07) is 13.2. The number of anilines is 3. The highest BCUT2D eigenvalue weighted by atomic mass is 35.5. The van der Waals surface area contributed by atoms with Crippen molar-refractivity contribution in [1.29, 1.82) is 0 Å². The molecule has 31 heavy (non-hydrogen) atoms. The third-order valence-corrected chi connectivity index (χ3v) is 5.28. The van der Waals surface area contributed by atoms with Crippen molar-refractivity contribution in [2.45, 2.75) is 6.92 Å². The summed E-state index contributed by atoms with van der Waals surface area (Å²) in [6.45, 7) is 4.70. The Morgan fingerprint density at radius 1 is 1.00 bits per heavy atom. The molecule has 0 radical (unpaired) electrons. The van der Waals surface area contributed by atoms with E-state index < -0.39 is 0 Å². The molecule has 0 saturated carbocycles. The van der Waals surface area contributed by atoms with E-state index in [2.05, 4.69) is 25.2 Å². The minimum atomic E-state index is 0.00478. The summed E-state index contributed by atoms with van der Waals surface area (Å²) < 4.78 is 0. The maximum absolute atomic E-state index is 12.5. The summed E-state index contributed by atoms with van der Waals surface area (Å²) in [5, 5.41) is 3.89. The van der Waals surface area contributed by atoms with Gasteiger partial charge >= 0.3 is 0 Å². The average Bonchev–Trinajstić information content (AvgIpc) is 2.79. The van der Waals surface area contributed by atoms with Crippen molar-refractivity contribution in [1.82, 2.24) is 19.9 Å². The molecule has 1 aliphatic rings. The fourth-order valence-electron chi connectivity index (χ4n) is 3.33. The van der Waals surface area contributed by atoms with Gasteiger partial charge in [0.05, 0.1) is 0 Å². The maximum Gasteiger partial charge on any atom is 0.246 e. The van der Waals surface area contributed by atoms with E-state index in [-0.39, 0.29) is 5.91 Å². The Kier molecular flexibility index (Phi) is 6.43. The number of aryl methyl sites for hydroxylation is 1. The van der Waals surface area contributed by atoms with Crippen LogP contribution in [0.2, 0.25) is 5.02 Å². The lowest BCUT2D eigenvalue weighted by Crippen LogP contribution is -2.48. The van der Waals surface area contributed by atoms with Crippen LogP contribution < -0.4 is 10.2 Å². The van der Waals surface area contributed by atoms with Crippen LogP contribution in [-0.4, -0.2) is 51.9 Å². The van der Waals surface area contributed by atoms with Crippen molar-refractivity contribution >= 4 is 41.0 Å². The molecule has 3 heterocycles. The predicted octanol–water partition coefficient (Wildman–Crippen LogP) is 3.94. The Hall–Kier alpha value is -3.45. The highest BCUT2D eigenvalue weighted by Gasteiger charge is 2.21. The third kappa shape index (κ3) is 5.58. The van der Waals surface area contributed by atoms with Crippen molar-refractivity contribution in [3.05, 3.63) is 77.2 Å². The summed E-state index contributed by atoms with van der Waals surface area (Å²) in [4.78, 5) is 29.5. The van der Waals surface area contributed by atoms with Gasteiger partial charge in [0, 0.05) is 49.5 Å². The lowest BCUT2D eigenvalue weighted by molar-refractivity contribution is -0.126. The molecule has 8 heteroatoms. The molecule has 1 aliphatic heterocycles. The van der Waals surface area contributed by atoms with E-state index in [9.17, 15) is 4.79 Å². The molecule has 158 valence electrons. The molecular weight excluding hydrogens is 412 g/mol. The minimum absolute atomic E-state index is 0.00478. The first-order chi connectivity index (χ1) is 15.1. The number of carbonyl (C=O) groups excluding carboxylic acids is 1. The Morgan fingerprint density at radius 3 is 2.48 bits per heavy atom. The van der Waals surface area contributed by atoms with Gasteiger partial charge in [-0.25, -0.2) is 15.0 Å². The van der Waals surface area contributed by atoms with Crippen LogP contribution in [0, 0.1) is 6.92 Å². The number of rotatable bonds is 5. The smallest absolute Gasteiger partial charge is 0.246 e. The van der Waals surface area contributed by atoms with Crippen LogP contribution in [-0.2, 0) is 4.79 Å². The van der Waals surface area contributed by atoms with E-state index in [0.29, 0.717) is 37.0 Å². The second-order valence-corrected chi connectivity index (χ2v) is 7.74. The number of aromatic nitrogens is 3. The third-order valence-electron chi connectivity index (χ3n) is 5.03. The van der Waals surface area contributed by atoms with Crippen LogP contribution in [0.5, 0.6) is 0 Å². The van der Waals surface area contributed by atoms with Crippen molar-refractivity contribution < 1.29 is 4.79 Å². The Bertz CT molecular complexity index is 1080. The van der Waals surface area contributed by atoms with E-state index in [1.165, 1.54) is 0 Å². The van der Waals surface area contributed by atoms with Gasteiger partial charge in [0.15, 0.2) is 0 Å². The van der Waals surface area contributed by atoms with Gasteiger partial charge < -0.3 is 15.1 Å². The number of hydrogen-bond donors (Lipinski definition) is 1. The molecule has 3 aromatic rings. The second-order valence-electron chi connectivity index (χ2n) is 7.30. The molecule has 4 rings (SSSR count). The first-order valence-corrected chi connectivity index (χ1v) is 10.4. The largest absolute Gasteiger partial charge is 0.353 e. The van der Waals surface area contributed by atoms with Crippen LogP contribution in [0.1, 0.15) is 11.1 Å². The lowest BCUT2D eigenvalue weighted by Gasteiger charge is -2.35. The normalized spacial score (nSPS) is 14.1. The second kappa shape index (κ2) is 9.57. The van der Waals surface area contributed by atoms with E-state index >= 15 is 0 Å². The van der Waals surface area contributed by atoms with Crippen LogP contribution >= 0.6 is 11.6 Å². The number of amides is 1. The van der Waals surface area contributed by atoms with Gasteiger partial charge in [-0.1, -0.05) is 23.7 Å². The van der Waals surface area contributed by atoms with Crippen LogP contribution in [0.15, 0.2) is 61.1 Å². The molecule has 1 fully saturated rings. The van der Waals surface area contributed by atoms with Gasteiger partial charge in [0.1, 0.15) is 23.8 Å². The van der Waals surface area contributed by atoms with E-state index in [0.717, 1.165) is 22.8 Å². The molecule has 0 aliphatic carbocycles. The van der Waals surface area contributed by atoms with Gasteiger partial charge in [-0.05, 0) is 48.4 Å². The van der Waals surface area contributed by atoms with Crippen LogP contribution in [0.25, 0.3) is 6.08 Å². The molecule has 2 aromatic heterocycles. The number of halogens is 1. The zero-order valence-corrected chi connectivity index (χ0v) is 18.0.